The third-order valence-electron chi connectivity index (χ3n) is 4.50. The highest BCUT2D eigenvalue weighted by Gasteiger charge is 2.19. The molecule has 1 fully saturated rings. The average molecular weight is 326 g/mol. The van der Waals surface area contributed by atoms with E-state index >= 15 is 0 Å². The highest BCUT2D eigenvalue weighted by atomic mass is 16.5. The molecule has 1 aliphatic heterocycles. The molecule has 0 bridgehead atoms. The maximum atomic E-state index is 10.3. The molecule has 1 atom stereocenters. The summed E-state index contributed by atoms with van der Waals surface area (Å²) in [4.78, 5) is 4.76. The molecule has 4 heteroatoms. The number of β-amino-alcohol motifs (C(OH)–C–C–N with tert-alkyl or cyclic N) is 1. The number of rotatable bonds is 7. The van der Waals surface area contributed by atoms with E-state index in [1.54, 1.807) is 0 Å². The quantitative estimate of drug-likeness (QED) is 0.848. The van der Waals surface area contributed by atoms with Crippen molar-refractivity contribution >= 4 is 0 Å². The molecule has 0 amide bonds. The Labute approximate surface area is 144 Å². The lowest BCUT2D eigenvalue weighted by molar-refractivity contribution is 0.0676. The summed E-state index contributed by atoms with van der Waals surface area (Å²) in [5, 5.41) is 10.3. The van der Waals surface area contributed by atoms with Crippen molar-refractivity contribution in [2.45, 2.75) is 6.10 Å². The van der Waals surface area contributed by atoms with E-state index in [9.17, 15) is 5.11 Å². The monoisotopic (exact) mass is 326 g/mol. The summed E-state index contributed by atoms with van der Waals surface area (Å²) >= 11 is 0. The zero-order valence-corrected chi connectivity index (χ0v) is 14.1. The molecule has 1 N–H and O–H groups in total. The molecule has 2 aromatic carbocycles. The van der Waals surface area contributed by atoms with Crippen LogP contribution in [0.4, 0.5) is 0 Å². The zero-order valence-electron chi connectivity index (χ0n) is 14.1. The third kappa shape index (κ3) is 5.06. The van der Waals surface area contributed by atoms with Gasteiger partial charge in [-0.05, 0) is 17.7 Å². The fraction of sp³-hybridized carbons (Fsp3) is 0.400. The minimum atomic E-state index is -0.404. The molecular formula is C20H26N2O2. The van der Waals surface area contributed by atoms with Gasteiger partial charge in [0, 0.05) is 39.3 Å². The van der Waals surface area contributed by atoms with Crippen molar-refractivity contribution in [2.24, 2.45) is 0 Å². The molecule has 0 radical (unpaired) electrons. The lowest BCUT2D eigenvalue weighted by atomic mass is 10.1. The van der Waals surface area contributed by atoms with Gasteiger partial charge in [-0.3, -0.25) is 9.80 Å². The van der Waals surface area contributed by atoms with Crippen LogP contribution in [0.2, 0.25) is 0 Å². The summed E-state index contributed by atoms with van der Waals surface area (Å²) in [5.74, 6) is 0.933. The number of hydrogen-bond acceptors (Lipinski definition) is 4. The summed E-state index contributed by atoms with van der Waals surface area (Å²) in [6, 6.07) is 19.9. The van der Waals surface area contributed by atoms with Crippen molar-refractivity contribution in [2.75, 3.05) is 45.9 Å². The van der Waals surface area contributed by atoms with Crippen LogP contribution in [0.15, 0.2) is 60.7 Å². The summed E-state index contributed by atoms with van der Waals surface area (Å²) in [5.41, 5.74) is 0.996. The summed E-state index contributed by atoms with van der Waals surface area (Å²) in [6.45, 7) is 6.42. The van der Waals surface area contributed by atoms with Crippen LogP contribution in [0, 0.1) is 0 Å². The van der Waals surface area contributed by atoms with E-state index in [1.807, 2.05) is 60.7 Å². The number of aliphatic hydroxyl groups excluding tert-OH is 1. The van der Waals surface area contributed by atoms with Crippen LogP contribution in [0.5, 0.6) is 5.75 Å². The van der Waals surface area contributed by atoms with Crippen LogP contribution in [0.25, 0.3) is 0 Å². The molecule has 2 aromatic rings. The van der Waals surface area contributed by atoms with Gasteiger partial charge in [-0.25, -0.2) is 0 Å². The van der Waals surface area contributed by atoms with Crippen molar-refractivity contribution in [3.8, 4) is 5.75 Å². The van der Waals surface area contributed by atoms with E-state index in [-0.39, 0.29) is 0 Å². The third-order valence-corrected chi connectivity index (χ3v) is 4.50. The van der Waals surface area contributed by atoms with E-state index in [0.29, 0.717) is 6.54 Å². The minimum Gasteiger partial charge on any atom is -0.492 e. The van der Waals surface area contributed by atoms with Gasteiger partial charge in [-0.1, -0.05) is 48.5 Å². The Hall–Kier alpha value is -1.88. The summed E-state index contributed by atoms with van der Waals surface area (Å²) < 4.78 is 5.76. The molecule has 1 aliphatic rings. The number of aliphatic hydroxyl groups is 1. The molecule has 4 nitrogen and oxygen atoms in total. The molecule has 1 unspecified atom stereocenters. The van der Waals surface area contributed by atoms with Crippen molar-refractivity contribution in [1.82, 2.24) is 9.80 Å². The Balaban J connectivity index is 1.35. The van der Waals surface area contributed by atoms with E-state index < -0.39 is 6.10 Å². The van der Waals surface area contributed by atoms with Gasteiger partial charge in [0.05, 0.1) is 6.10 Å². The molecule has 1 saturated heterocycles. The highest BCUT2D eigenvalue weighted by molar-refractivity contribution is 5.20. The molecule has 24 heavy (non-hydrogen) atoms. The van der Waals surface area contributed by atoms with Crippen LogP contribution in [0.3, 0.4) is 0 Å². The minimum absolute atomic E-state index is 0.404. The normalized spacial score (nSPS) is 17.5. The van der Waals surface area contributed by atoms with Gasteiger partial charge in [0.1, 0.15) is 12.4 Å². The second kappa shape index (κ2) is 8.83. The van der Waals surface area contributed by atoms with Crippen LogP contribution in [-0.2, 0) is 0 Å². The van der Waals surface area contributed by atoms with Gasteiger partial charge in [-0.2, -0.15) is 0 Å². The molecule has 0 aliphatic carbocycles. The molecule has 128 valence electrons. The second-order valence-electron chi connectivity index (χ2n) is 6.23. The first-order valence-electron chi connectivity index (χ1n) is 8.67. The van der Waals surface area contributed by atoms with Crippen LogP contribution in [-0.4, -0.2) is 60.8 Å². The molecule has 3 rings (SSSR count). The molecule has 0 spiro atoms. The van der Waals surface area contributed by atoms with Crippen molar-refractivity contribution < 1.29 is 9.84 Å². The largest absolute Gasteiger partial charge is 0.492 e. The lowest BCUT2D eigenvalue weighted by Crippen LogP contribution is -2.48. The Bertz CT molecular complexity index is 583. The standard InChI is InChI=1S/C20H26N2O2/c23-20(18-7-3-1-4-8-18)17-22-13-11-21(12-14-22)15-16-24-19-9-5-2-6-10-19/h1-10,20,23H,11-17H2. The fourth-order valence-electron chi connectivity index (χ4n) is 3.03. The van der Waals surface area contributed by atoms with E-state index in [4.69, 9.17) is 4.74 Å². The van der Waals surface area contributed by atoms with Gasteiger partial charge in [-0.15, -0.1) is 0 Å². The molecular weight excluding hydrogens is 300 g/mol. The van der Waals surface area contributed by atoms with Crippen molar-refractivity contribution in [1.29, 1.82) is 0 Å². The van der Waals surface area contributed by atoms with Crippen molar-refractivity contribution in [3.63, 3.8) is 0 Å². The number of piperazine rings is 1. The molecule has 1 heterocycles. The van der Waals surface area contributed by atoms with E-state index in [2.05, 4.69) is 9.80 Å². The number of benzene rings is 2. The Morgan fingerprint density at radius 2 is 1.42 bits per heavy atom. The molecule has 0 aromatic heterocycles. The highest BCUT2D eigenvalue weighted by Crippen LogP contribution is 2.15. The Morgan fingerprint density at radius 1 is 0.833 bits per heavy atom. The smallest absolute Gasteiger partial charge is 0.119 e. The Kier molecular flexibility index (Phi) is 6.24. The van der Waals surface area contributed by atoms with Crippen LogP contribution >= 0.6 is 0 Å². The van der Waals surface area contributed by atoms with Gasteiger partial charge >= 0.3 is 0 Å². The number of hydrogen-bond donors (Lipinski definition) is 1. The number of para-hydroxylation sites is 1. The Morgan fingerprint density at radius 3 is 2.08 bits per heavy atom. The van der Waals surface area contributed by atoms with Gasteiger partial charge in [0.25, 0.3) is 0 Å². The predicted molar refractivity (Wildman–Crippen MR) is 96.2 cm³/mol. The first-order chi connectivity index (χ1) is 11.8. The fourth-order valence-corrected chi connectivity index (χ4v) is 3.03. The predicted octanol–water partition coefficient (Wildman–Crippen LogP) is 2.42. The van der Waals surface area contributed by atoms with Gasteiger partial charge < -0.3 is 9.84 Å². The topological polar surface area (TPSA) is 35.9 Å². The first-order valence-corrected chi connectivity index (χ1v) is 8.67. The SMILES string of the molecule is OC(CN1CCN(CCOc2ccccc2)CC1)c1ccccc1. The molecule has 0 saturated carbocycles. The maximum absolute atomic E-state index is 10.3. The van der Waals surface area contributed by atoms with Gasteiger partial charge in [0.15, 0.2) is 0 Å². The number of nitrogens with zero attached hydrogens (tertiary/aromatic N) is 2. The second-order valence-corrected chi connectivity index (χ2v) is 6.23. The first kappa shape index (κ1) is 17.0. The summed E-state index contributed by atoms with van der Waals surface area (Å²) in [7, 11) is 0. The lowest BCUT2D eigenvalue weighted by Gasteiger charge is -2.35. The zero-order chi connectivity index (χ0) is 16.6. The van der Waals surface area contributed by atoms with Gasteiger partial charge in [0.2, 0.25) is 0 Å². The maximum Gasteiger partial charge on any atom is 0.119 e. The van der Waals surface area contributed by atoms with E-state index in [0.717, 1.165) is 50.6 Å². The average Bonchev–Trinajstić information content (AvgIpc) is 2.65. The van der Waals surface area contributed by atoms with Crippen molar-refractivity contribution in [3.05, 3.63) is 66.2 Å². The van der Waals surface area contributed by atoms with Crippen LogP contribution < -0.4 is 4.74 Å². The van der Waals surface area contributed by atoms with E-state index in [1.165, 1.54) is 0 Å². The number of ether oxygens (including phenoxy) is 1. The summed E-state index contributed by atoms with van der Waals surface area (Å²) in [6.07, 6.45) is -0.404. The van der Waals surface area contributed by atoms with Crippen LogP contribution in [0.1, 0.15) is 11.7 Å².